The Morgan fingerprint density at radius 1 is 0.857 bits per heavy atom. The first-order valence-corrected chi connectivity index (χ1v) is 9.10. The Hall–Kier alpha value is -0.850. The third-order valence-corrected chi connectivity index (χ3v) is 4.02. The first-order valence-electron chi connectivity index (χ1n) is 9.10. The minimum atomic E-state index is 0.693. The molecule has 21 heavy (non-hydrogen) atoms. The van der Waals surface area contributed by atoms with Gasteiger partial charge in [0, 0.05) is 12.4 Å². The van der Waals surface area contributed by atoms with Gasteiger partial charge in [0.15, 0.2) is 0 Å². The van der Waals surface area contributed by atoms with Gasteiger partial charge in [-0.05, 0) is 38.2 Å². The van der Waals surface area contributed by atoms with E-state index in [-0.39, 0.29) is 0 Å². The molecule has 1 nitrogen and oxygen atoms in total. The third kappa shape index (κ3) is 11.5. The van der Waals surface area contributed by atoms with Crippen LogP contribution >= 0.6 is 0 Å². The second-order valence-electron chi connectivity index (χ2n) is 5.93. The van der Waals surface area contributed by atoms with Gasteiger partial charge in [-0.25, -0.2) is 0 Å². The molecule has 0 aliphatic heterocycles. The summed E-state index contributed by atoms with van der Waals surface area (Å²) in [4.78, 5) is 4.36. The summed E-state index contributed by atoms with van der Waals surface area (Å²) in [5.41, 5.74) is 1.42. The third-order valence-electron chi connectivity index (χ3n) is 4.02. The van der Waals surface area contributed by atoms with Crippen molar-refractivity contribution < 1.29 is 0 Å². The molecule has 0 amide bonds. The van der Waals surface area contributed by atoms with Gasteiger partial charge in [0.05, 0.1) is 0 Å². The highest BCUT2D eigenvalue weighted by Crippen LogP contribution is 2.26. The number of nitrogens with zero attached hydrogens (tertiary/aromatic N) is 1. The van der Waals surface area contributed by atoms with Crippen LogP contribution < -0.4 is 0 Å². The van der Waals surface area contributed by atoms with Crippen LogP contribution in [0, 0.1) is 5.92 Å². The van der Waals surface area contributed by atoms with E-state index in [0.29, 0.717) is 5.92 Å². The van der Waals surface area contributed by atoms with Gasteiger partial charge in [-0.3, -0.25) is 4.99 Å². The van der Waals surface area contributed by atoms with Crippen molar-refractivity contribution in [2.75, 3.05) is 0 Å². The van der Waals surface area contributed by atoms with Gasteiger partial charge in [0.1, 0.15) is 0 Å². The molecule has 0 N–H and O–H groups in total. The van der Waals surface area contributed by atoms with Gasteiger partial charge in [0.2, 0.25) is 0 Å². The molecular formula is C20H37N. The molecule has 0 fully saturated rings. The first-order chi connectivity index (χ1) is 10.3. The number of rotatable bonds is 13. The van der Waals surface area contributed by atoms with Gasteiger partial charge in [-0.2, -0.15) is 0 Å². The van der Waals surface area contributed by atoms with Crippen molar-refractivity contribution in [3.63, 3.8) is 0 Å². The second-order valence-corrected chi connectivity index (χ2v) is 5.93. The molecular weight excluding hydrogens is 254 g/mol. The lowest BCUT2D eigenvalue weighted by Crippen LogP contribution is -2.04. The quantitative estimate of drug-likeness (QED) is 0.195. The molecule has 0 heterocycles. The maximum atomic E-state index is 4.36. The molecule has 0 aromatic heterocycles. The average molecular weight is 292 g/mol. The fourth-order valence-electron chi connectivity index (χ4n) is 2.75. The highest BCUT2D eigenvalue weighted by atomic mass is 14.7. The topological polar surface area (TPSA) is 12.4 Å². The van der Waals surface area contributed by atoms with Gasteiger partial charge in [-0.1, -0.05) is 77.4 Å². The van der Waals surface area contributed by atoms with E-state index in [1.54, 1.807) is 0 Å². The Morgan fingerprint density at radius 3 is 1.86 bits per heavy atom. The van der Waals surface area contributed by atoms with Crippen molar-refractivity contribution in [2.45, 2.75) is 91.9 Å². The summed E-state index contributed by atoms with van der Waals surface area (Å²) >= 11 is 0. The fourth-order valence-corrected chi connectivity index (χ4v) is 2.75. The summed E-state index contributed by atoms with van der Waals surface area (Å²) in [7, 11) is 0. The van der Waals surface area contributed by atoms with Gasteiger partial charge in [0.25, 0.3) is 0 Å². The zero-order valence-corrected chi connectivity index (χ0v) is 14.9. The van der Waals surface area contributed by atoms with E-state index in [1.807, 2.05) is 13.1 Å². The van der Waals surface area contributed by atoms with Crippen molar-refractivity contribution in [1.29, 1.82) is 0 Å². The lowest BCUT2D eigenvalue weighted by Gasteiger charge is -2.18. The standard InChI is InChI=1S/C20H37N/c1-5-9-11-13-16-19(17-14-12-10-6-2)20(15-7-3)18-21-8-4/h7-8,15,18-19H,5-6,9-14,16-17H2,1-4H3/b15-7-,20-18+,21-8-. The lowest BCUT2D eigenvalue weighted by molar-refractivity contribution is 0.460. The van der Waals surface area contributed by atoms with E-state index >= 15 is 0 Å². The van der Waals surface area contributed by atoms with Crippen LogP contribution in [0.4, 0.5) is 0 Å². The molecule has 1 heteroatoms. The van der Waals surface area contributed by atoms with Gasteiger partial charge in [-0.15, -0.1) is 0 Å². The maximum Gasteiger partial charge on any atom is 0.0298 e. The number of aliphatic imine (C=N–C) groups is 1. The number of hydrogen-bond acceptors (Lipinski definition) is 1. The first kappa shape index (κ1) is 20.1. The zero-order valence-electron chi connectivity index (χ0n) is 14.9. The van der Waals surface area contributed by atoms with Crippen molar-refractivity contribution in [2.24, 2.45) is 10.9 Å². The molecule has 0 saturated carbocycles. The zero-order chi connectivity index (χ0) is 15.8. The minimum absolute atomic E-state index is 0.693. The van der Waals surface area contributed by atoms with Crippen molar-refractivity contribution in [1.82, 2.24) is 0 Å². The SMILES string of the molecule is C\C=C/C(=C\N=C/C)C(CCCCCC)CCCCCC. The van der Waals surface area contributed by atoms with E-state index in [4.69, 9.17) is 0 Å². The molecule has 0 aliphatic rings. The summed E-state index contributed by atoms with van der Waals surface area (Å²) in [6.45, 7) is 8.66. The van der Waals surface area contributed by atoms with E-state index in [0.717, 1.165) is 0 Å². The van der Waals surface area contributed by atoms with Crippen LogP contribution in [0.15, 0.2) is 28.9 Å². The molecule has 0 aromatic rings. The monoisotopic (exact) mass is 291 g/mol. The molecule has 0 bridgehead atoms. The number of unbranched alkanes of at least 4 members (excludes halogenated alkanes) is 6. The Morgan fingerprint density at radius 2 is 1.43 bits per heavy atom. The normalized spacial score (nSPS) is 13.1. The van der Waals surface area contributed by atoms with Crippen LogP contribution in [-0.4, -0.2) is 6.21 Å². The highest BCUT2D eigenvalue weighted by Gasteiger charge is 2.12. The highest BCUT2D eigenvalue weighted by molar-refractivity contribution is 5.54. The minimum Gasteiger partial charge on any atom is -0.269 e. The van der Waals surface area contributed by atoms with E-state index in [9.17, 15) is 0 Å². The molecule has 0 aromatic carbocycles. The summed E-state index contributed by atoms with van der Waals surface area (Å²) in [5.74, 6) is 0.693. The Balaban J connectivity index is 4.55. The number of allylic oxidation sites excluding steroid dienone is 3. The fraction of sp³-hybridized carbons (Fsp3) is 0.750. The number of hydrogen-bond donors (Lipinski definition) is 0. The van der Waals surface area contributed by atoms with Crippen LogP contribution in [0.1, 0.15) is 91.9 Å². The van der Waals surface area contributed by atoms with E-state index < -0.39 is 0 Å². The lowest BCUT2D eigenvalue weighted by atomic mass is 9.88. The van der Waals surface area contributed by atoms with E-state index in [2.05, 4.69) is 44.1 Å². The van der Waals surface area contributed by atoms with Crippen LogP contribution in [0.3, 0.4) is 0 Å². The molecule has 0 rings (SSSR count). The van der Waals surface area contributed by atoms with Crippen LogP contribution in [0.25, 0.3) is 0 Å². The maximum absolute atomic E-state index is 4.36. The Bertz CT molecular complexity index is 287. The van der Waals surface area contributed by atoms with Crippen LogP contribution in [-0.2, 0) is 0 Å². The summed E-state index contributed by atoms with van der Waals surface area (Å²) in [6.07, 6.45) is 21.9. The summed E-state index contributed by atoms with van der Waals surface area (Å²) in [5, 5.41) is 0. The predicted molar refractivity (Wildman–Crippen MR) is 98.1 cm³/mol. The van der Waals surface area contributed by atoms with Crippen LogP contribution in [0.2, 0.25) is 0 Å². The second kappa shape index (κ2) is 15.5. The van der Waals surface area contributed by atoms with Gasteiger partial charge < -0.3 is 0 Å². The largest absolute Gasteiger partial charge is 0.269 e. The van der Waals surface area contributed by atoms with Crippen molar-refractivity contribution in [3.05, 3.63) is 23.9 Å². The molecule has 0 unspecified atom stereocenters. The Labute approximate surface area is 133 Å². The van der Waals surface area contributed by atoms with Crippen molar-refractivity contribution >= 4 is 6.21 Å². The summed E-state index contributed by atoms with van der Waals surface area (Å²) in [6, 6.07) is 0. The summed E-state index contributed by atoms with van der Waals surface area (Å²) < 4.78 is 0. The van der Waals surface area contributed by atoms with Crippen LogP contribution in [0.5, 0.6) is 0 Å². The Kier molecular flexibility index (Phi) is 14.9. The molecule has 0 saturated heterocycles. The molecule has 0 spiro atoms. The van der Waals surface area contributed by atoms with E-state index in [1.165, 1.54) is 69.8 Å². The molecule has 0 atom stereocenters. The van der Waals surface area contributed by atoms with Crippen molar-refractivity contribution in [3.8, 4) is 0 Å². The average Bonchev–Trinajstić information content (AvgIpc) is 2.50. The van der Waals surface area contributed by atoms with Gasteiger partial charge >= 0.3 is 0 Å². The smallest absolute Gasteiger partial charge is 0.0298 e. The predicted octanol–water partition coefficient (Wildman–Crippen LogP) is 7.09. The molecule has 0 radical (unpaired) electrons. The molecule has 0 aliphatic carbocycles. The molecule has 122 valence electrons.